The van der Waals surface area contributed by atoms with Gasteiger partial charge in [0.2, 0.25) is 11.1 Å². The summed E-state index contributed by atoms with van der Waals surface area (Å²) in [5.41, 5.74) is 6.30. The van der Waals surface area contributed by atoms with E-state index in [4.69, 9.17) is 26.4 Å². The van der Waals surface area contributed by atoms with Gasteiger partial charge in [-0.3, -0.25) is 4.79 Å². The van der Waals surface area contributed by atoms with E-state index < -0.39 is 6.04 Å². The number of hydrogen-bond donors (Lipinski definition) is 2. The van der Waals surface area contributed by atoms with E-state index in [9.17, 15) is 9.18 Å². The molecule has 0 bridgehead atoms. The molecule has 1 atom stereocenters. The molecule has 1 unspecified atom stereocenters. The van der Waals surface area contributed by atoms with Crippen LogP contribution in [0, 0.1) is 19.7 Å². The van der Waals surface area contributed by atoms with Crippen molar-refractivity contribution in [1.82, 2.24) is 14.8 Å². The zero-order valence-electron chi connectivity index (χ0n) is 25.0. The lowest BCUT2D eigenvalue weighted by molar-refractivity contribution is -0.113. The molecule has 4 aromatic carbocycles. The molecule has 6 rings (SSSR count). The summed E-state index contributed by atoms with van der Waals surface area (Å²) in [4.78, 5) is 18.7. The number of allylic oxidation sites excluding steroid dienone is 1. The van der Waals surface area contributed by atoms with Crippen molar-refractivity contribution >= 4 is 40.9 Å². The van der Waals surface area contributed by atoms with Gasteiger partial charge in [0, 0.05) is 22.2 Å². The molecule has 2 heterocycles. The van der Waals surface area contributed by atoms with E-state index in [2.05, 4.69) is 10.6 Å². The van der Waals surface area contributed by atoms with Crippen LogP contribution in [0.25, 0.3) is 0 Å². The summed E-state index contributed by atoms with van der Waals surface area (Å²) < 4.78 is 22.2. The van der Waals surface area contributed by atoms with Crippen LogP contribution < -0.4 is 15.4 Å². The molecule has 2 N–H and O–H groups in total. The molecular weight excluding hydrogens is 609 g/mol. The van der Waals surface area contributed by atoms with Gasteiger partial charge >= 0.3 is 0 Å². The first kappa shape index (κ1) is 30.4. The van der Waals surface area contributed by atoms with Crippen molar-refractivity contribution in [2.45, 2.75) is 44.3 Å². The first-order chi connectivity index (χ1) is 21.7. The van der Waals surface area contributed by atoms with Crippen molar-refractivity contribution in [3.8, 4) is 5.75 Å². The lowest BCUT2D eigenvalue weighted by Gasteiger charge is -2.29. The Kier molecular flexibility index (Phi) is 8.91. The first-order valence-corrected chi connectivity index (χ1v) is 15.8. The molecule has 0 radical (unpaired) electrons. The van der Waals surface area contributed by atoms with Crippen LogP contribution in [-0.4, -0.2) is 20.7 Å². The molecule has 5 aromatic rings. The van der Waals surface area contributed by atoms with E-state index in [-0.39, 0.29) is 11.7 Å². The zero-order chi connectivity index (χ0) is 31.5. The Morgan fingerprint density at radius 3 is 2.60 bits per heavy atom. The van der Waals surface area contributed by atoms with Crippen LogP contribution in [0.4, 0.5) is 16.0 Å². The maximum Gasteiger partial charge on any atom is 0.255 e. The fourth-order valence-electron chi connectivity index (χ4n) is 5.22. The molecule has 45 heavy (non-hydrogen) atoms. The Labute approximate surface area is 270 Å². The number of halogens is 2. The summed E-state index contributed by atoms with van der Waals surface area (Å²) in [5.74, 6) is 0.962. The first-order valence-electron chi connectivity index (χ1n) is 14.4. The third-order valence-electron chi connectivity index (χ3n) is 7.52. The third kappa shape index (κ3) is 6.90. The van der Waals surface area contributed by atoms with Crippen LogP contribution in [0.1, 0.15) is 40.8 Å². The number of amides is 1. The predicted molar refractivity (Wildman–Crippen MR) is 177 cm³/mol. The Morgan fingerprint density at radius 2 is 1.82 bits per heavy atom. The maximum atomic E-state index is 14.3. The Balaban J connectivity index is 1.34. The van der Waals surface area contributed by atoms with Crippen molar-refractivity contribution in [3.05, 3.63) is 141 Å². The highest BCUT2D eigenvalue weighted by atomic mass is 35.5. The van der Waals surface area contributed by atoms with Gasteiger partial charge in [-0.05, 0) is 79.4 Å². The molecule has 0 saturated carbocycles. The number of anilines is 2. The number of fused-ring (bicyclic) bond motifs is 1. The van der Waals surface area contributed by atoms with Crippen molar-refractivity contribution in [2.24, 2.45) is 0 Å². The highest BCUT2D eigenvalue weighted by Gasteiger charge is 2.35. The van der Waals surface area contributed by atoms with E-state index in [0.29, 0.717) is 51.1 Å². The van der Waals surface area contributed by atoms with Gasteiger partial charge in [-0.15, -0.1) is 5.10 Å². The number of nitrogens with zero attached hydrogens (tertiary/aromatic N) is 3. The van der Waals surface area contributed by atoms with Gasteiger partial charge < -0.3 is 15.4 Å². The largest absolute Gasteiger partial charge is 0.489 e. The third-order valence-corrected chi connectivity index (χ3v) is 8.65. The number of thioether (sulfide) groups is 1. The number of carbonyl (C=O) groups is 1. The van der Waals surface area contributed by atoms with Gasteiger partial charge in [0.15, 0.2) is 0 Å². The molecule has 0 fully saturated rings. The average molecular weight is 640 g/mol. The minimum Gasteiger partial charge on any atom is -0.489 e. The highest BCUT2D eigenvalue weighted by Crippen LogP contribution is 2.38. The number of carbonyl (C=O) groups excluding carboxylic acids is 1. The Bertz CT molecular complexity index is 1910. The number of hydrogen-bond acceptors (Lipinski definition) is 6. The number of aryl methyl sites for hydroxylation is 2. The SMILES string of the molecule is CC1=C(C(=O)Nc2ccc(C)cc2C)C(c2cccc(OCc3ccc(Cl)cc3)c2)n2nc(SCc3ccccc3F)nc2N1. The van der Waals surface area contributed by atoms with Crippen LogP contribution in [0.5, 0.6) is 5.75 Å². The number of aromatic nitrogens is 3. The predicted octanol–water partition coefficient (Wildman–Crippen LogP) is 8.49. The van der Waals surface area contributed by atoms with Gasteiger partial charge in [0.25, 0.3) is 5.91 Å². The van der Waals surface area contributed by atoms with E-state index in [1.165, 1.54) is 17.8 Å². The fourth-order valence-corrected chi connectivity index (χ4v) is 6.16. The summed E-state index contributed by atoms with van der Waals surface area (Å²) in [6.07, 6.45) is 0. The molecule has 1 aliphatic rings. The van der Waals surface area contributed by atoms with Crippen LogP contribution in [0.15, 0.2) is 107 Å². The second-order valence-electron chi connectivity index (χ2n) is 10.9. The molecule has 10 heteroatoms. The molecule has 0 spiro atoms. The minimum absolute atomic E-state index is 0.258. The molecule has 0 saturated heterocycles. The molecular formula is C35H31ClFN5O2S. The normalized spacial score (nSPS) is 14.1. The summed E-state index contributed by atoms with van der Waals surface area (Å²) >= 11 is 7.37. The summed E-state index contributed by atoms with van der Waals surface area (Å²) in [5, 5.41) is 12.3. The summed E-state index contributed by atoms with van der Waals surface area (Å²) in [6.45, 7) is 6.20. The van der Waals surface area contributed by atoms with Crippen molar-refractivity contribution in [2.75, 3.05) is 10.6 Å². The molecule has 0 aliphatic carbocycles. The van der Waals surface area contributed by atoms with Crippen LogP contribution in [0.3, 0.4) is 0 Å². The zero-order valence-corrected chi connectivity index (χ0v) is 26.5. The van der Waals surface area contributed by atoms with Crippen LogP contribution in [-0.2, 0) is 17.2 Å². The Hall–Kier alpha value is -4.60. The maximum absolute atomic E-state index is 14.3. The second-order valence-corrected chi connectivity index (χ2v) is 12.2. The quantitative estimate of drug-likeness (QED) is 0.157. The molecule has 1 aliphatic heterocycles. The van der Waals surface area contributed by atoms with Crippen LogP contribution in [0.2, 0.25) is 5.02 Å². The monoisotopic (exact) mass is 639 g/mol. The van der Waals surface area contributed by atoms with Gasteiger partial charge in [-0.2, -0.15) is 4.98 Å². The van der Waals surface area contributed by atoms with Gasteiger partial charge in [0.05, 0.1) is 5.57 Å². The number of nitrogens with one attached hydrogen (secondary N) is 2. The second kappa shape index (κ2) is 13.2. The summed E-state index contributed by atoms with van der Waals surface area (Å²) in [7, 11) is 0. The van der Waals surface area contributed by atoms with Crippen LogP contribution >= 0.6 is 23.4 Å². The van der Waals surface area contributed by atoms with Crippen molar-refractivity contribution < 1.29 is 13.9 Å². The fraction of sp³-hybridized carbons (Fsp3) is 0.171. The standard InChI is InChI=1S/C35H31ClFN5O2S/c1-21-11-16-30(22(2)17-21)39-33(43)31-23(3)38-34-40-35(45-20-26-7-4-5-10-29(26)37)41-42(34)32(31)25-8-6-9-28(18-25)44-19-24-12-14-27(36)15-13-24/h4-18,32H,19-20H2,1-3H3,(H,39,43)(H,38,40,41). The van der Waals surface area contributed by atoms with E-state index in [1.807, 2.05) is 87.5 Å². The smallest absolute Gasteiger partial charge is 0.255 e. The van der Waals surface area contributed by atoms with Gasteiger partial charge in [-0.1, -0.05) is 83.5 Å². The average Bonchev–Trinajstić information content (AvgIpc) is 3.43. The molecule has 1 amide bonds. The van der Waals surface area contributed by atoms with Crippen molar-refractivity contribution in [3.63, 3.8) is 0 Å². The summed E-state index contributed by atoms with van der Waals surface area (Å²) in [6, 6.07) is 27.1. The van der Waals surface area contributed by atoms with E-state index in [0.717, 1.165) is 27.9 Å². The topological polar surface area (TPSA) is 81.1 Å². The molecule has 7 nitrogen and oxygen atoms in total. The van der Waals surface area contributed by atoms with Crippen molar-refractivity contribution in [1.29, 1.82) is 0 Å². The molecule has 228 valence electrons. The lowest BCUT2D eigenvalue weighted by Crippen LogP contribution is -2.31. The minimum atomic E-state index is -0.610. The number of rotatable bonds is 9. The number of benzene rings is 4. The van der Waals surface area contributed by atoms with E-state index >= 15 is 0 Å². The van der Waals surface area contributed by atoms with Gasteiger partial charge in [-0.25, -0.2) is 9.07 Å². The number of ether oxygens (including phenoxy) is 1. The van der Waals surface area contributed by atoms with Gasteiger partial charge in [0.1, 0.15) is 24.2 Å². The molecule has 1 aromatic heterocycles. The lowest BCUT2D eigenvalue weighted by atomic mass is 9.94. The highest BCUT2D eigenvalue weighted by molar-refractivity contribution is 7.98. The Morgan fingerprint density at radius 1 is 1.02 bits per heavy atom. The van der Waals surface area contributed by atoms with E-state index in [1.54, 1.807) is 22.9 Å².